The van der Waals surface area contributed by atoms with Gasteiger partial charge in [-0.25, -0.2) is 4.39 Å². The molecule has 1 saturated carbocycles. The molecule has 6 heteroatoms. The molecule has 2 rings (SSSR count). The molecule has 2 unspecified atom stereocenters. The van der Waals surface area contributed by atoms with E-state index in [0.29, 0.717) is 19.0 Å². The molecule has 0 radical (unpaired) electrons. The van der Waals surface area contributed by atoms with Gasteiger partial charge >= 0.3 is 0 Å². The molecule has 3 N–H and O–H groups in total. The van der Waals surface area contributed by atoms with E-state index in [1.165, 1.54) is 25.0 Å². The number of carbonyl (C=O) groups is 1. The second kappa shape index (κ2) is 8.46. The van der Waals surface area contributed by atoms with Gasteiger partial charge in [0.15, 0.2) is 0 Å². The van der Waals surface area contributed by atoms with Crippen LogP contribution in [0.4, 0.5) is 4.39 Å². The van der Waals surface area contributed by atoms with Gasteiger partial charge in [-0.3, -0.25) is 9.69 Å². The van der Waals surface area contributed by atoms with Gasteiger partial charge in [-0.15, -0.1) is 12.4 Å². The average molecular weight is 330 g/mol. The number of likely N-dealkylation sites (N-methyl/N-ethyl adjacent to an activating group) is 1. The minimum Gasteiger partial charge on any atom is -0.348 e. The molecule has 1 aromatic rings. The van der Waals surface area contributed by atoms with Crippen molar-refractivity contribution in [3.8, 4) is 0 Å². The first-order chi connectivity index (χ1) is 10.0. The first kappa shape index (κ1) is 18.9. The van der Waals surface area contributed by atoms with E-state index in [1.54, 1.807) is 12.1 Å². The zero-order valence-corrected chi connectivity index (χ0v) is 13.9. The van der Waals surface area contributed by atoms with Crippen molar-refractivity contribution in [2.75, 3.05) is 20.1 Å². The van der Waals surface area contributed by atoms with Crippen LogP contribution in [0.5, 0.6) is 0 Å². The van der Waals surface area contributed by atoms with E-state index in [9.17, 15) is 9.18 Å². The number of benzene rings is 1. The highest BCUT2D eigenvalue weighted by Crippen LogP contribution is 2.34. The summed E-state index contributed by atoms with van der Waals surface area (Å²) in [7, 11) is 1.94. The van der Waals surface area contributed by atoms with Crippen LogP contribution in [0.2, 0.25) is 0 Å². The van der Waals surface area contributed by atoms with Crippen LogP contribution in [-0.2, 0) is 4.79 Å². The maximum absolute atomic E-state index is 12.9. The summed E-state index contributed by atoms with van der Waals surface area (Å²) in [5, 5.41) is 2.94. The monoisotopic (exact) mass is 329 g/mol. The van der Waals surface area contributed by atoms with Crippen LogP contribution in [0.25, 0.3) is 0 Å². The van der Waals surface area contributed by atoms with Crippen LogP contribution in [0.1, 0.15) is 31.4 Å². The molecule has 0 spiro atoms. The van der Waals surface area contributed by atoms with E-state index in [0.717, 1.165) is 5.56 Å². The van der Waals surface area contributed by atoms with Crippen LogP contribution < -0.4 is 11.1 Å². The van der Waals surface area contributed by atoms with Gasteiger partial charge in [-0.2, -0.15) is 0 Å². The van der Waals surface area contributed by atoms with E-state index in [4.69, 9.17) is 5.73 Å². The average Bonchev–Trinajstić information content (AvgIpc) is 3.24. The molecular formula is C16H25ClFN3O. The Labute approximate surface area is 137 Å². The summed E-state index contributed by atoms with van der Waals surface area (Å²) in [6.45, 7) is 2.82. The number of nitrogens with zero attached hydrogens (tertiary/aromatic N) is 1. The molecule has 0 saturated heterocycles. The van der Waals surface area contributed by atoms with Gasteiger partial charge < -0.3 is 11.1 Å². The first-order valence-corrected chi connectivity index (χ1v) is 7.46. The summed E-state index contributed by atoms with van der Waals surface area (Å²) >= 11 is 0. The van der Waals surface area contributed by atoms with Crippen molar-refractivity contribution in [3.63, 3.8) is 0 Å². The van der Waals surface area contributed by atoms with Gasteiger partial charge in [0.25, 0.3) is 0 Å². The Balaban J connectivity index is 0.00000242. The van der Waals surface area contributed by atoms with Crippen molar-refractivity contribution in [2.45, 2.75) is 31.8 Å². The number of hydrogen-bond donors (Lipinski definition) is 2. The molecule has 0 aromatic heterocycles. The maximum Gasteiger partial charge on any atom is 0.234 e. The van der Waals surface area contributed by atoms with Crippen molar-refractivity contribution >= 4 is 18.3 Å². The van der Waals surface area contributed by atoms with Crippen LogP contribution in [0.3, 0.4) is 0 Å². The van der Waals surface area contributed by atoms with E-state index in [1.807, 2.05) is 18.9 Å². The summed E-state index contributed by atoms with van der Waals surface area (Å²) in [6.07, 6.45) is 2.42. The Morgan fingerprint density at radius 3 is 2.50 bits per heavy atom. The van der Waals surface area contributed by atoms with Crippen LogP contribution in [-0.4, -0.2) is 37.0 Å². The quantitative estimate of drug-likeness (QED) is 0.805. The summed E-state index contributed by atoms with van der Waals surface area (Å²) in [6, 6.07) is 6.34. The zero-order valence-electron chi connectivity index (χ0n) is 13.1. The molecule has 1 aromatic carbocycles. The maximum atomic E-state index is 12.9. The van der Waals surface area contributed by atoms with E-state index >= 15 is 0 Å². The fourth-order valence-corrected chi connectivity index (χ4v) is 2.68. The molecule has 124 valence electrons. The smallest absolute Gasteiger partial charge is 0.234 e. The third-order valence-electron chi connectivity index (χ3n) is 4.11. The van der Waals surface area contributed by atoms with Crippen molar-refractivity contribution in [1.82, 2.24) is 10.2 Å². The topological polar surface area (TPSA) is 58.4 Å². The number of hydrogen-bond acceptors (Lipinski definition) is 3. The highest BCUT2D eigenvalue weighted by molar-refractivity contribution is 5.85. The van der Waals surface area contributed by atoms with Crippen molar-refractivity contribution in [3.05, 3.63) is 35.6 Å². The fourth-order valence-electron chi connectivity index (χ4n) is 2.68. The number of carbonyl (C=O) groups excluding carboxylic acids is 1. The molecule has 1 amide bonds. The Morgan fingerprint density at radius 2 is 2.00 bits per heavy atom. The van der Waals surface area contributed by atoms with Crippen LogP contribution in [0.15, 0.2) is 24.3 Å². The number of amides is 1. The molecular weight excluding hydrogens is 305 g/mol. The molecule has 1 fully saturated rings. The SMILES string of the molecule is CC(NC(=O)CN(C)C(CN)C1CC1)c1ccc(F)cc1.Cl. The van der Waals surface area contributed by atoms with E-state index in [-0.39, 0.29) is 36.2 Å². The van der Waals surface area contributed by atoms with Gasteiger partial charge in [-0.1, -0.05) is 12.1 Å². The van der Waals surface area contributed by atoms with Crippen molar-refractivity contribution in [1.29, 1.82) is 0 Å². The van der Waals surface area contributed by atoms with Crippen LogP contribution >= 0.6 is 12.4 Å². The van der Waals surface area contributed by atoms with Gasteiger partial charge in [0, 0.05) is 12.6 Å². The lowest BCUT2D eigenvalue weighted by molar-refractivity contribution is -0.123. The Kier molecular flexibility index (Phi) is 7.26. The number of nitrogens with one attached hydrogen (secondary N) is 1. The zero-order chi connectivity index (χ0) is 15.4. The van der Waals surface area contributed by atoms with Gasteiger partial charge in [0.05, 0.1) is 12.6 Å². The third kappa shape index (κ3) is 5.23. The largest absolute Gasteiger partial charge is 0.348 e. The molecule has 2 atom stereocenters. The number of rotatable bonds is 7. The minimum absolute atomic E-state index is 0. The van der Waals surface area contributed by atoms with Crippen LogP contribution in [0, 0.1) is 11.7 Å². The summed E-state index contributed by atoms with van der Waals surface area (Å²) in [5.74, 6) is 0.336. The third-order valence-corrected chi connectivity index (χ3v) is 4.11. The predicted octanol–water partition coefficient (Wildman–Crippen LogP) is 2.09. The lowest BCUT2D eigenvalue weighted by Gasteiger charge is -2.27. The second-order valence-electron chi connectivity index (χ2n) is 5.90. The standard InChI is InChI=1S/C16H24FN3O.ClH/c1-11(12-5-7-14(17)8-6-12)19-16(21)10-20(2)15(9-18)13-3-4-13;/h5-8,11,13,15H,3-4,9-10,18H2,1-2H3,(H,19,21);1H. The molecule has 4 nitrogen and oxygen atoms in total. The van der Waals surface area contributed by atoms with Gasteiger partial charge in [0.1, 0.15) is 5.82 Å². The summed E-state index contributed by atoms with van der Waals surface area (Å²) in [5.41, 5.74) is 6.68. The summed E-state index contributed by atoms with van der Waals surface area (Å²) in [4.78, 5) is 14.1. The Bertz CT molecular complexity index is 479. The Hall–Kier alpha value is -1.17. The molecule has 1 aliphatic rings. The number of nitrogens with two attached hydrogens (primary N) is 1. The fraction of sp³-hybridized carbons (Fsp3) is 0.562. The minimum atomic E-state index is -0.271. The lowest BCUT2D eigenvalue weighted by atomic mass is 10.1. The molecule has 22 heavy (non-hydrogen) atoms. The predicted molar refractivity (Wildman–Crippen MR) is 88.4 cm³/mol. The Morgan fingerprint density at radius 1 is 1.41 bits per heavy atom. The lowest BCUT2D eigenvalue weighted by Crippen LogP contribution is -2.45. The van der Waals surface area contributed by atoms with Gasteiger partial charge in [-0.05, 0) is 50.4 Å². The molecule has 0 bridgehead atoms. The van der Waals surface area contributed by atoms with Crippen molar-refractivity contribution in [2.24, 2.45) is 11.7 Å². The second-order valence-corrected chi connectivity index (χ2v) is 5.90. The van der Waals surface area contributed by atoms with Crippen molar-refractivity contribution < 1.29 is 9.18 Å². The molecule has 1 aliphatic carbocycles. The molecule has 0 aliphatic heterocycles. The normalized spacial score (nSPS) is 16.8. The van der Waals surface area contributed by atoms with E-state index in [2.05, 4.69) is 5.32 Å². The highest BCUT2D eigenvalue weighted by Gasteiger charge is 2.33. The molecule has 0 heterocycles. The van der Waals surface area contributed by atoms with Gasteiger partial charge in [0.2, 0.25) is 5.91 Å². The van der Waals surface area contributed by atoms with E-state index < -0.39 is 0 Å². The number of halogens is 2. The summed E-state index contributed by atoms with van der Waals surface area (Å²) < 4.78 is 12.9. The first-order valence-electron chi connectivity index (χ1n) is 7.46. The highest BCUT2D eigenvalue weighted by atomic mass is 35.5.